The zero-order valence-electron chi connectivity index (χ0n) is 10.1. The zero-order valence-corrected chi connectivity index (χ0v) is 10.9. The molecule has 19 heavy (non-hydrogen) atoms. The Morgan fingerprint density at radius 1 is 1.00 bits per heavy atom. The van der Waals surface area contributed by atoms with Gasteiger partial charge in [0, 0.05) is 17.2 Å². The highest BCUT2D eigenvalue weighted by Gasteiger charge is 2.11. The van der Waals surface area contributed by atoms with Crippen molar-refractivity contribution >= 4 is 12.4 Å². The molecule has 3 N–H and O–H groups in total. The SMILES string of the molecule is Cl.NCCc1ccc(O)c(-c2ccc(F)cc2F)c1. The van der Waals surface area contributed by atoms with E-state index in [2.05, 4.69) is 0 Å². The van der Waals surface area contributed by atoms with Crippen LogP contribution in [0.25, 0.3) is 11.1 Å². The Balaban J connectivity index is 0.00000180. The Labute approximate surface area is 116 Å². The Kier molecular flexibility index (Phi) is 5.27. The Morgan fingerprint density at radius 3 is 2.37 bits per heavy atom. The number of phenolic OH excluding ortho intramolecular Hbond substituents is 1. The predicted molar refractivity (Wildman–Crippen MR) is 73.5 cm³/mol. The van der Waals surface area contributed by atoms with Crippen LogP contribution in [0.1, 0.15) is 5.56 Å². The van der Waals surface area contributed by atoms with E-state index in [0.717, 1.165) is 17.7 Å². The first-order valence-electron chi connectivity index (χ1n) is 5.59. The first-order chi connectivity index (χ1) is 8.61. The van der Waals surface area contributed by atoms with Crippen molar-refractivity contribution in [1.82, 2.24) is 0 Å². The summed E-state index contributed by atoms with van der Waals surface area (Å²) < 4.78 is 26.5. The van der Waals surface area contributed by atoms with Crippen LogP contribution >= 0.6 is 12.4 Å². The topological polar surface area (TPSA) is 46.2 Å². The van der Waals surface area contributed by atoms with Gasteiger partial charge in [-0.25, -0.2) is 8.78 Å². The van der Waals surface area contributed by atoms with Crippen molar-refractivity contribution in [1.29, 1.82) is 0 Å². The molecule has 2 nitrogen and oxygen atoms in total. The van der Waals surface area contributed by atoms with E-state index in [1.165, 1.54) is 12.1 Å². The van der Waals surface area contributed by atoms with Crippen LogP contribution in [0.15, 0.2) is 36.4 Å². The Hall–Kier alpha value is -1.65. The first kappa shape index (κ1) is 15.4. The van der Waals surface area contributed by atoms with Crippen LogP contribution in [0.5, 0.6) is 5.75 Å². The molecule has 0 amide bonds. The summed E-state index contributed by atoms with van der Waals surface area (Å²) in [5.41, 5.74) is 6.87. The quantitative estimate of drug-likeness (QED) is 0.909. The standard InChI is InChI=1S/C14H13F2NO.ClH/c15-10-2-3-11(13(16)8-10)12-7-9(5-6-17)1-4-14(12)18;/h1-4,7-8,18H,5-6,17H2;1H. The van der Waals surface area contributed by atoms with Gasteiger partial charge in [-0.05, 0) is 42.8 Å². The summed E-state index contributed by atoms with van der Waals surface area (Å²) >= 11 is 0. The lowest BCUT2D eigenvalue weighted by Gasteiger charge is -2.08. The summed E-state index contributed by atoms with van der Waals surface area (Å²) in [5.74, 6) is -1.38. The van der Waals surface area contributed by atoms with Gasteiger partial charge in [0.05, 0.1) is 0 Å². The van der Waals surface area contributed by atoms with Crippen molar-refractivity contribution in [3.05, 3.63) is 53.6 Å². The number of benzene rings is 2. The summed E-state index contributed by atoms with van der Waals surface area (Å²) in [5, 5.41) is 9.76. The summed E-state index contributed by atoms with van der Waals surface area (Å²) in [7, 11) is 0. The maximum atomic E-state index is 13.7. The Bertz CT molecular complexity index is 575. The van der Waals surface area contributed by atoms with Gasteiger partial charge >= 0.3 is 0 Å². The summed E-state index contributed by atoms with van der Waals surface area (Å²) in [6, 6.07) is 8.15. The molecule has 2 rings (SSSR count). The molecule has 5 heteroatoms. The smallest absolute Gasteiger partial charge is 0.134 e. The molecule has 2 aromatic carbocycles. The van der Waals surface area contributed by atoms with E-state index in [1.54, 1.807) is 12.1 Å². The molecule has 0 radical (unpaired) electrons. The molecule has 0 aliphatic heterocycles. The van der Waals surface area contributed by atoms with Crippen molar-refractivity contribution < 1.29 is 13.9 Å². The Morgan fingerprint density at radius 2 is 1.74 bits per heavy atom. The summed E-state index contributed by atoms with van der Waals surface area (Å²) in [4.78, 5) is 0. The van der Waals surface area contributed by atoms with Gasteiger partial charge in [-0.3, -0.25) is 0 Å². The van der Waals surface area contributed by atoms with Crippen LogP contribution in [0.4, 0.5) is 8.78 Å². The molecular formula is C14H14ClF2NO. The lowest BCUT2D eigenvalue weighted by molar-refractivity contribution is 0.476. The van der Waals surface area contributed by atoms with E-state index in [4.69, 9.17) is 5.73 Å². The normalized spacial score (nSPS) is 10.1. The maximum absolute atomic E-state index is 13.7. The fraction of sp³-hybridized carbons (Fsp3) is 0.143. The van der Waals surface area contributed by atoms with Gasteiger partial charge in [0.2, 0.25) is 0 Å². The van der Waals surface area contributed by atoms with Crippen molar-refractivity contribution in [2.24, 2.45) is 5.73 Å². The van der Waals surface area contributed by atoms with E-state index >= 15 is 0 Å². The zero-order chi connectivity index (χ0) is 13.1. The third-order valence-corrected chi connectivity index (χ3v) is 2.72. The van der Waals surface area contributed by atoms with Crippen LogP contribution in [-0.2, 0) is 6.42 Å². The van der Waals surface area contributed by atoms with Gasteiger partial charge in [0.15, 0.2) is 0 Å². The average molecular weight is 286 g/mol. The second-order valence-electron chi connectivity index (χ2n) is 4.01. The van der Waals surface area contributed by atoms with Crippen LogP contribution in [-0.4, -0.2) is 11.7 Å². The van der Waals surface area contributed by atoms with Gasteiger partial charge in [0.25, 0.3) is 0 Å². The van der Waals surface area contributed by atoms with Crippen molar-refractivity contribution in [2.45, 2.75) is 6.42 Å². The summed E-state index contributed by atoms with van der Waals surface area (Å²) in [6.07, 6.45) is 0.635. The lowest BCUT2D eigenvalue weighted by atomic mass is 10.00. The van der Waals surface area contributed by atoms with E-state index in [-0.39, 0.29) is 23.7 Å². The van der Waals surface area contributed by atoms with E-state index in [9.17, 15) is 13.9 Å². The molecule has 102 valence electrons. The lowest BCUT2D eigenvalue weighted by Crippen LogP contribution is -2.02. The fourth-order valence-corrected chi connectivity index (χ4v) is 1.83. The molecular weight excluding hydrogens is 272 g/mol. The number of nitrogens with two attached hydrogens (primary N) is 1. The van der Waals surface area contributed by atoms with Crippen LogP contribution in [0.2, 0.25) is 0 Å². The molecule has 2 aromatic rings. The minimum atomic E-state index is -0.699. The van der Waals surface area contributed by atoms with Crippen molar-refractivity contribution in [3.8, 4) is 16.9 Å². The number of phenols is 1. The van der Waals surface area contributed by atoms with Gasteiger partial charge in [-0.1, -0.05) is 6.07 Å². The predicted octanol–water partition coefficient (Wildman–Crippen LogP) is 3.26. The molecule has 0 aliphatic carbocycles. The van der Waals surface area contributed by atoms with Gasteiger partial charge < -0.3 is 10.8 Å². The molecule has 0 aromatic heterocycles. The maximum Gasteiger partial charge on any atom is 0.134 e. The van der Waals surface area contributed by atoms with E-state index < -0.39 is 11.6 Å². The third-order valence-electron chi connectivity index (χ3n) is 2.72. The van der Waals surface area contributed by atoms with E-state index in [1.807, 2.05) is 0 Å². The number of rotatable bonds is 3. The highest BCUT2D eigenvalue weighted by molar-refractivity contribution is 5.85. The van der Waals surface area contributed by atoms with Crippen LogP contribution in [0, 0.1) is 11.6 Å². The van der Waals surface area contributed by atoms with Crippen LogP contribution < -0.4 is 5.73 Å². The number of aromatic hydroxyl groups is 1. The molecule has 0 saturated heterocycles. The molecule has 0 bridgehead atoms. The van der Waals surface area contributed by atoms with Gasteiger partial charge in [-0.2, -0.15) is 0 Å². The minimum absolute atomic E-state index is 0. The highest BCUT2D eigenvalue weighted by Crippen LogP contribution is 2.32. The van der Waals surface area contributed by atoms with Gasteiger partial charge in [0.1, 0.15) is 17.4 Å². The number of hydrogen-bond donors (Lipinski definition) is 2. The average Bonchev–Trinajstić information content (AvgIpc) is 2.33. The first-order valence-corrected chi connectivity index (χ1v) is 5.59. The van der Waals surface area contributed by atoms with Gasteiger partial charge in [-0.15, -0.1) is 12.4 Å². The highest BCUT2D eigenvalue weighted by atomic mass is 35.5. The van der Waals surface area contributed by atoms with Crippen molar-refractivity contribution in [3.63, 3.8) is 0 Å². The molecule has 0 spiro atoms. The molecule has 0 heterocycles. The largest absolute Gasteiger partial charge is 0.507 e. The minimum Gasteiger partial charge on any atom is -0.507 e. The molecule has 0 unspecified atom stereocenters. The second kappa shape index (κ2) is 6.50. The molecule has 0 aliphatic rings. The summed E-state index contributed by atoms with van der Waals surface area (Å²) in [6.45, 7) is 0.468. The number of hydrogen-bond acceptors (Lipinski definition) is 2. The van der Waals surface area contributed by atoms with Crippen molar-refractivity contribution in [2.75, 3.05) is 6.54 Å². The molecule has 0 fully saturated rings. The third kappa shape index (κ3) is 3.43. The second-order valence-corrected chi connectivity index (χ2v) is 4.01. The molecule has 0 atom stereocenters. The van der Waals surface area contributed by atoms with Crippen LogP contribution in [0.3, 0.4) is 0 Å². The monoisotopic (exact) mass is 285 g/mol. The fourth-order valence-electron chi connectivity index (χ4n) is 1.83. The number of halogens is 3. The molecule has 0 saturated carbocycles. The van der Waals surface area contributed by atoms with E-state index in [0.29, 0.717) is 18.5 Å².